The van der Waals surface area contributed by atoms with Crippen molar-refractivity contribution in [3.8, 4) is 11.5 Å². The molecule has 1 aliphatic rings. The minimum absolute atomic E-state index is 0.0370. The molecule has 1 heterocycles. The molecular weight excluding hydrogens is 264 g/mol. The molecule has 2 aromatic carbocycles. The molecule has 0 bridgehead atoms. The monoisotopic (exact) mass is 277 g/mol. The zero-order chi connectivity index (χ0) is 13.9. The number of hydrogen-bond acceptors (Lipinski definition) is 3. The molecule has 1 aliphatic heterocycles. The first-order chi connectivity index (χ1) is 9.72. The van der Waals surface area contributed by atoms with Crippen LogP contribution in [0.4, 0.5) is 14.5 Å². The van der Waals surface area contributed by atoms with Gasteiger partial charge in [0.1, 0.15) is 0 Å². The number of halogens is 2. The Morgan fingerprint density at radius 1 is 1.05 bits per heavy atom. The molecule has 104 valence electrons. The minimum Gasteiger partial charge on any atom is -0.454 e. The first-order valence-corrected chi connectivity index (χ1v) is 6.23. The van der Waals surface area contributed by atoms with Crippen molar-refractivity contribution < 1.29 is 18.3 Å². The minimum atomic E-state index is -2.44. The zero-order valence-electron chi connectivity index (χ0n) is 10.6. The lowest BCUT2D eigenvalue weighted by Gasteiger charge is -2.08. The van der Waals surface area contributed by atoms with Crippen LogP contribution >= 0.6 is 0 Å². The van der Waals surface area contributed by atoms with Crippen molar-refractivity contribution in [2.45, 2.75) is 13.0 Å². The van der Waals surface area contributed by atoms with Gasteiger partial charge in [-0.05, 0) is 23.8 Å². The fourth-order valence-corrected chi connectivity index (χ4v) is 2.05. The van der Waals surface area contributed by atoms with Crippen LogP contribution in [0.25, 0.3) is 0 Å². The first kappa shape index (κ1) is 12.7. The molecule has 3 nitrogen and oxygen atoms in total. The lowest BCUT2D eigenvalue weighted by atomic mass is 10.1. The Morgan fingerprint density at radius 2 is 1.90 bits per heavy atom. The van der Waals surface area contributed by atoms with Crippen molar-refractivity contribution in [2.75, 3.05) is 12.1 Å². The quantitative estimate of drug-likeness (QED) is 0.917. The summed E-state index contributed by atoms with van der Waals surface area (Å²) in [6.07, 6.45) is -2.44. The number of anilines is 1. The summed E-state index contributed by atoms with van der Waals surface area (Å²) in [4.78, 5) is 0. The Labute approximate surface area is 115 Å². The van der Waals surface area contributed by atoms with Gasteiger partial charge < -0.3 is 14.8 Å². The molecule has 3 rings (SSSR count). The SMILES string of the molecule is FC(F)c1cccc(CNc2ccc3c(c2)OCO3)c1. The van der Waals surface area contributed by atoms with Crippen LogP contribution in [-0.2, 0) is 6.54 Å². The highest BCUT2D eigenvalue weighted by Gasteiger charge is 2.13. The maximum atomic E-state index is 12.6. The van der Waals surface area contributed by atoms with Crippen LogP contribution in [0.1, 0.15) is 17.6 Å². The summed E-state index contributed by atoms with van der Waals surface area (Å²) in [5.74, 6) is 1.41. The lowest BCUT2D eigenvalue weighted by molar-refractivity contribution is 0.151. The number of hydrogen-bond donors (Lipinski definition) is 1. The molecule has 2 aromatic rings. The summed E-state index contributed by atoms with van der Waals surface area (Å²) in [7, 11) is 0. The second kappa shape index (κ2) is 5.36. The van der Waals surface area contributed by atoms with Crippen LogP contribution in [-0.4, -0.2) is 6.79 Å². The van der Waals surface area contributed by atoms with E-state index < -0.39 is 6.43 Å². The van der Waals surface area contributed by atoms with Crippen LogP contribution in [0.5, 0.6) is 11.5 Å². The van der Waals surface area contributed by atoms with Crippen LogP contribution < -0.4 is 14.8 Å². The Bertz CT molecular complexity index is 617. The fourth-order valence-electron chi connectivity index (χ4n) is 2.05. The van der Waals surface area contributed by atoms with E-state index in [1.165, 1.54) is 12.1 Å². The second-order valence-electron chi connectivity index (χ2n) is 4.47. The number of ether oxygens (including phenoxy) is 2. The Hall–Kier alpha value is -2.30. The topological polar surface area (TPSA) is 30.5 Å². The van der Waals surface area contributed by atoms with Gasteiger partial charge in [-0.15, -0.1) is 0 Å². The average Bonchev–Trinajstić information content (AvgIpc) is 2.93. The van der Waals surface area contributed by atoms with Gasteiger partial charge >= 0.3 is 0 Å². The van der Waals surface area contributed by atoms with E-state index in [2.05, 4.69) is 5.32 Å². The third-order valence-electron chi connectivity index (χ3n) is 3.07. The molecular formula is C15H13F2NO2. The van der Waals surface area contributed by atoms with E-state index in [1.54, 1.807) is 6.07 Å². The van der Waals surface area contributed by atoms with E-state index in [0.717, 1.165) is 17.0 Å². The maximum Gasteiger partial charge on any atom is 0.263 e. The van der Waals surface area contributed by atoms with Gasteiger partial charge in [0.15, 0.2) is 11.5 Å². The highest BCUT2D eigenvalue weighted by molar-refractivity contribution is 5.55. The third kappa shape index (κ3) is 2.66. The molecule has 1 N–H and O–H groups in total. The molecule has 0 aromatic heterocycles. The van der Waals surface area contributed by atoms with Crippen molar-refractivity contribution in [1.82, 2.24) is 0 Å². The predicted molar refractivity (Wildman–Crippen MR) is 71.3 cm³/mol. The number of fused-ring (bicyclic) bond motifs is 1. The first-order valence-electron chi connectivity index (χ1n) is 6.23. The van der Waals surface area contributed by atoms with Gasteiger partial charge in [0, 0.05) is 23.9 Å². The van der Waals surface area contributed by atoms with Gasteiger partial charge in [-0.1, -0.05) is 18.2 Å². The van der Waals surface area contributed by atoms with Crippen LogP contribution in [0.3, 0.4) is 0 Å². The van der Waals surface area contributed by atoms with Gasteiger partial charge in [0.25, 0.3) is 6.43 Å². The van der Waals surface area contributed by atoms with E-state index in [0.29, 0.717) is 12.3 Å². The van der Waals surface area contributed by atoms with E-state index in [-0.39, 0.29) is 12.4 Å². The molecule has 20 heavy (non-hydrogen) atoms. The molecule has 0 saturated carbocycles. The highest BCUT2D eigenvalue weighted by Crippen LogP contribution is 2.34. The van der Waals surface area contributed by atoms with Crippen molar-refractivity contribution in [3.05, 3.63) is 53.6 Å². The summed E-state index contributed by atoms with van der Waals surface area (Å²) in [5.41, 5.74) is 1.70. The van der Waals surface area contributed by atoms with Crippen LogP contribution in [0.2, 0.25) is 0 Å². The van der Waals surface area contributed by atoms with E-state index in [4.69, 9.17) is 9.47 Å². The van der Waals surface area contributed by atoms with Gasteiger partial charge in [-0.2, -0.15) is 0 Å². The lowest BCUT2D eigenvalue weighted by Crippen LogP contribution is -2.00. The van der Waals surface area contributed by atoms with Crippen molar-refractivity contribution >= 4 is 5.69 Å². The number of nitrogens with one attached hydrogen (secondary N) is 1. The normalized spacial score (nSPS) is 12.8. The summed E-state index contributed by atoms with van der Waals surface area (Å²) < 4.78 is 35.7. The second-order valence-corrected chi connectivity index (χ2v) is 4.47. The standard InChI is InChI=1S/C15H13F2NO2/c16-15(17)11-3-1-2-10(6-11)8-18-12-4-5-13-14(7-12)20-9-19-13/h1-7,15,18H,8-9H2. The summed E-state index contributed by atoms with van der Waals surface area (Å²) in [5, 5.41) is 3.18. The van der Waals surface area contributed by atoms with Crippen LogP contribution in [0, 0.1) is 0 Å². The fraction of sp³-hybridized carbons (Fsp3) is 0.200. The highest BCUT2D eigenvalue weighted by atomic mass is 19.3. The molecule has 0 aliphatic carbocycles. The molecule has 0 radical (unpaired) electrons. The number of rotatable bonds is 4. The Balaban J connectivity index is 1.69. The summed E-state index contributed by atoms with van der Waals surface area (Å²) in [6.45, 7) is 0.704. The predicted octanol–water partition coefficient (Wildman–Crippen LogP) is 3.97. The number of benzene rings is 2. The molecule has 0 unspecified atom stereocenters. The molecule has 0 atom stereocenters. The van der Waals surface area contributed by atoms with E-state index >= 15 is 0 Å². The largest absolute Gasteiger partial charge is 0.454 e. The Morgan fingerprint density at radius 3 is 2.75 bits per heavy atom. The van der Waals surface area contributed by atoms with Gasteiger partial charge in [-0.3, -0.25) is 0 Å². The van der Waals surface area contributed by atoms with Crippen LogP contribution in [0.15, 0.2) is 42.5 Å². The molecule has 0 amide bonds. The van der Waals surface area contributed by atoms with Gasteiger partial charge in [-0.25, -0.2) is 8.78 Å². The maximum absolute atomic E-state index is 12.6. The molecule has 0 fully saturated rings. The van der Waals surface area contributed by atoms with E-state index in [9.17, 15) is 8.78 Å². The van der Waals surface area contributed by atoms with Crippen molar-refractivity contribution in [2.24, 2.45) is 0 Å². The smallest absolute Gasteiger partial charge is 0.263 e. The summed E-state index contributed by atoms with van der Waals surface area (Å²) >= 11 is 0. The molecule has 0 spiro atoms. The molecule has 0 saturated heterocycles. The average molecular weight is 277 g/mol. The number of alkyl halides is 2. The van der Waals surface area contributed by atoms with Gasteiger partial charge in [0.05, 0.1) is 0 Å². The van der Waals surface area contributed by atoms with Crippen molar-refractivity contribution in [3.63, 3.8) is 0 Å². The zero-order valence-corrected chi connectivity index (χ0v) is 10.6. The van der Waals surface area contributed by atoms with Crippen molar-refractivity contribution in [1.29, 1.82) is 0 Å². The summed E-state index contributed by atoms with van der Waals surface area (Å²) in [6, 6.07) is 11.9. The molecule has 5 heteroatoms. The van der Waals surface area contributed by atoms with E-state index in [1.807, 2.05) is 24.3 Å². The third-order valence-corrected chi connectivity index (χ3v) is 3.07. The Kier molecular flexibility index (Phi) is 3.41. The van der Waals surface area contributed by atoms with Gasteiger partial charge in [0.2, 0.25) is 6.79 Å².